The van der Waals surface area contributed by atoms with Crippen LogP contribution in [-0.2, 0) is 4.79 Å². The second kappa shape index (κ2) is 7.58. The fraction of sp³-hybridized carbons (Fsp3) is 0.263. The monoisotopic (exact) mass is 311 g/mol. The lowest BCUT2D eigenvalue weighted by Gasteiger charge is -2.10. The molecule has 0 fully saturated rings. The number of amides is 1. The lowest BCUT2D eigenvalue weighted by molar-refractivity contribution is -0.134. The molecule has 0 atom stereocenters. The van der Waals surface area contributed by atoms with Crippen molar-refractivity contribution in [2.24, 2.45) is 0 Å². The smallest absolute Gasteiger partial charge is 0.311 e. The second-order valence-corrected chi connectivity index (χ2v) is 5.52. The molecular weight excluding hydrogens is 290 g/mol. The fourth-order valence-electron chi connectivity index (χ4n) is 2.13. The van der Waals surface area contributed by atoms with E-state index in [-0.39, 0.29) is 11.9 Å². The highest BCUT2D eigenvalue weighted by Gasteiger charge is 2.09. The van der Waals surface area contributed by atoms with Gasteiger partial charge in [-0.3, -0.25) is 9.59 Å². The Balaban J connectivity index is 2.05. The first-order chi connectivity index (χ1) is 11.0. The van der Waals surface area contributed by atoms with Crippen molar-refractivity contribution in [3.63, 3.8) is 0 Å². The highest BCUT2D eigenvalue weighted by Crippen LogP contribution is 2.19. The van der Waals surface area contributed by atoms with Crippen molar-refractivity contribution in [2.45, 2.75) is 33.6 Å². The van der Waals surface area contributed by atoms with Crippen LogP contribution in [-0.4, -0.2) is 11.9 Å². The molecule has 0 saturated heterocycles. The SMILES string of the molecule is CCCC(=O)Oc1ccc(C(=O)Nc2cc(C)ccc2C)cc1. The molecule has 0 aromatic heterocycles. The predicted molar refractivity (Wildman–Crippen MR) is 90.9 cm³/mol. The van der Waals surface area contributed by atoms with Crippen molar-refractivity contribution in [1.82, 2.24) is 0 Å². The molecule has 0 aliphatic heterocycles. The van der Waals surface area contributed by atoms with E-state index >= 15 is 0 Å². The van der Waals surface area contributed by atoms with E-state index in [4.69, 9.17) is 4.74 Å². The highest BCUT2D eigenvalue weighted by atomic mass is 16.5. The number of esters is 1. The van der Waals surface area contributed by atoms with E-state index in [0.717, 1.165) is 23.2 Å². The van der Waals surface area contributed by atoms with Crippen LogP contribution in [0.4, 0.5) is 5.69 Å². The average molecular weight is 311 g/mol. The number of carbonyl (C=O) groups is 2. The summed E-state index contributed by atoms with van der Waals surface area (Å²) >= 11 is 0. The van der Waals surface area contributed by atoms with Crippen LogP contribution in [0, 0.1) is 13.8 Å². The van der Waals surface area contributed by atoms with Gasteiger partial charge in [-0.05, 0) is 61.7 Å². The summed E-state index contributed by atoms with van der Waals surface area (Å²) in [5.74, 6) is -0.00282. The third kappa shape index (κ3) is 4.68. The molecule has 23 heavy (non-hydrogen) atoms. The van der Waals surface area contributed by atoms with Gasteiger partial charge < -0.3 is 10.1 Å². The maximum absolute atomic E-state index is 12.3. The van der Waals surface area contributed by atoms with Crippen LogP contribution in [0.15, 0.2) is 42.5 Å². The minimum absolute atomic E-state index is 0.190. The lowest BCUT2D eigenvalue weighted by atomic mass is 10.1. The van der Waals surface area contributed by atoms with Crippen LogP contribution >= 0.6 is 0 Å². The molecule has 0 unspecified atom stereocenters. The normalized spacial score (nSPS) is 10.2. The molecule has 4 nitrogen and oxygen atoms in total. The first-order valence-electron chi connectivity index (χ1n) is 7.69. The number of ether oxygens (including phenoxy) is 1. The summed E-state index contributed by atoms with van der Waals surface area (Å²) in [6.07, 6.45) is 1.13. The van der Waals surface area contributed by atoms with Gasteiger partial charge in [0.15, 0.2) is 0 Å². The van der Waals surface area contributed by atoms with Gasteiger partial charge in [0.2, 0.25) is 0 Å². The third-order valence-electron chi connectivity index (χ3n) is 3.44. The average Bonchev–Trinajstić information content (AvgIpc) is 2.52. The number of carbonyl (C=O) groups excluding carboxylic acids is 2. The minimum Gasteiger partial charge on any atom is -0.427 e. The van der Waals surface area contributed by atoms with Gasteiger partial charge in [0.1, 0.15) is 5.75 Å². The lowest BCUT2D eigenvalue weighted by Crippen LogP contribution is -2.13. The molecule has 0 radical (unpaired) electrons. The van der Waals surface area contributed by atoms with Crippen molar-refractivity contribution < 1.29 is 14.3 Å². The van der Waals surface area contributed by atoms with E-state index < -0.39 is 0 Å². The van der Waals surface area contributed by atoms with Crippen LogP contribution in [0.5, 0.6) is 5.75 Å². The van der Waals surface area contributed by atoms with Crippen molar-refractivity contribution in [2.75, 3.05) is 5.32 Å². The van der Waals surface area contributed by atoms with Gasteiger partial charge in [0.25, 0.3) is 5.91 Å². The van der Waals surface area contributed by atoms with Gasteiger partial charge in [-0.25, -0.2) is 0 Å². The van der Waals surface area contributed by atoms with E-state index in [2.05, 4.69) is 5.32 Å². The van der Waals surface area contributed by atoms with Crippen molar-refractivity contribution in [3.8, 4) is 5.75 Å². The summed E-state index contributed by atoms with van der Waals surface area (Å²) in [6.45, 7) is 5.85. The molecule has 4 heteroatoms. The quantitative estimate of drug-likeness (QED) is 0.663. The molecule has 0 aliphatic rings. The molecule has 1 N–H and O–H groups in total. The number of hydrogen-bond donors (Lipinski definition) is 1. The highest BCUT2D eigenvalue weighted by molar-refractivity contribution is 6.04. The Morgan fingerprint density at radius 2 is 1.74 bits per heavy atom. The Morgan fingerprint density at radius 3 is 2.39 bits per heavy atom. The standard InChI is InChI=1S/C19H21NO3/c1-4-5-18(21)23-16-10-8-15(9-11-16)19(22)20-17-12-13(2)6-7-14(17)3/h6-12H,4-5H2,1-3H3,(H,20,22). The molecule has 2 aromatic carbocycles. The Labute approximate surface area is 136 Å². The minimum atomic E-state index is -0.264. The summed E-state index contributed by atoms with van der Waals surface area (Å²) < 4.78 is 5.17. The number of hydrogen-bond acceptors (Lipinski definition) is 3. The number of benzene rings is 2. The van der Waals surface area contributed by atoms with E-state index in [1.54, 1.807) is 24.3 Å². The molecule has 0 saturated carbocycles. The maximum atomic E-state index is 12.3. The van der Waals surface area contributed by atoms with Crippen LogP contribution in [0.3, 0.4) is 0 Å². The Hall–Kier alpha value is -2.62. The number of nitrogens with one attached hydrogen (secondary N) is 1. The summed E-state index contributed by atoms with van der Waals surface area (Å²) in [6, 6.07) is 12.5. The Bertz CT molecular complexity index is 705. The van der Waals surface area contributed by atoms with Gasteiger partial charge >= 0.3 is 5.97 Å². The zero-order valence-corrected chi connectivity index (χ0v) is 13.7. The summed E-state index contributed by atoms with van der Waals surface area (Å²) in [5, 5.41) is 2.90. The zero-order chi connectivity index (χ0) is 16.8. The van der Waals surface area contributed by atoms with E-state index in [0.29, 0.717) is 17.7 Å². The van der Waals surface area contributed by atoms with Crippen molar-refractivity contribution >= 4 is 17.6 Å². The van der Waals surface area contributed by atoms with Gasteiger partial charge in [0.05, 0.1) is 0 Å². The molecule has 120 valence electrons. The molecule has 2 aromatic rings. The topological polar surface area (TPSA) is 55.4 Å². The molecular formula is C19H21NO3. The predicted octanol–water partition coefficient (Wildman–Crippen LogP) is 4.26. The first kappa shape index (κ1) is 16.7. The number of anilines is 1. The third-order valence-corrected chi connectivity index (χ3v) is 3.44. The summed E-state index contributed by atoms with van der Waals surface area (Å²) in [7, 11) is 0. The van der Waals surface area contributed by atoms with Crippen LogP contribution in [0.2, 0.25) is 0 Å². The van der Waals surface area contributed by atoms with Crippen molar-refractivity contribution in [1.29, 1.82) is 0 Å². The fourth-order valence-corrected chi connectivity index (χ4v) is 2.13. The van der Waals surface area contributed by atoms with Crippen LogP contribution in [0.1, 0.15) is 41.3 Å². The second-order valence-electron chi connectivity index (χ2n) is 5.52. The molecule has 0 bridgehead atoms. The first-order valence-corrected chi connectivity index (χ1v) is 7.69. The van der Waals surface area contributed by atoms with Crippen LogP contribution in [0.25, 0.3) is 0 Å². The van der Waals surface area contributed by atoms with Crippen molar-refractivity contribution in [3.05, 3.63) is 59.2 Å². The number of rotatable bonds is 5. The van der Waals surface area contributed by atoms with Gasteiger partial charge in [-0.15, -0.1) is 0 Å². The maximum Gasteiger partial charge on any atom is 0.311 e. The van der Waals surface area contributed by atoms with Crippen LogP contribution < -0.4 is 10.1 Å². The Kier molecular flexibility index (Phi) is 5.52. The molecule has 0 spiro atoms. The van der Waals surface area contributed by atoms with Gasteiger partial charge in [0, 0.05) is 17.7 Å². The number of aryl methyl sites for hydroxylation is 2. The van der Waals surface area contributed by atoms with Gasteiger partial charge in [-0.2, -0.15) is 0 Å². The Morgan fingerprint density at radius 1 is 1.04 bits per heavy atom. The van der Waals surface area contributed by atoms with E-state index in [9.17, 15) is 9.59 Å². The summed E-state index contributed by atoms with van der Waals surface area (Å²) in [5.41, 5.74) is 3.41. The van der Waals surface area contributed by atoms with Gasteiger partial charge in [-0.1, -0.05) is 19.1 Å². The molecule has 0 heterocycles. The largest absolute Gasteiger partial charge is 0.427 e. The molecule has 1 amide bonds. The molecule has 2 rings (SSSR count). The molecule has 0 aliphatic carbocycles. The van der Waals surface area contributed by atoms with E-state index in [1.807, 2.05) is 39.0 Å². The zero-order valence-electron chi connectivity index (χ0n) is 13.7. The van der Waals surface area contributed by atoms with E-state index in [1.165, 1.54) is 0 Å². The summed E-state index contributed by atoms with van der Waals surface area (Å²) in [4.78, 5) is 23.7.